The number of carbonyl (C=O) groups is 1. The van der Waals surface area contributed by atoms with E-state index < -0.39 is 5.97 Å². The maximum atomic E-state index is 12.9. The largest absolute Gasteiger partial charge is 0.494 e. The van der Waals surface area contributed by atoms with Crippen molar-refractivity contribution in [3.8, 4) is 23.0 Å². The number of halogens is 2. The van der Waals surface area contributed by atoms with Crippen LogP contribution in [0.1, 0.15) is 21.5 Å². The van der Waals surface area contributed by atoms with Crippen LogP contribution in [0, 0.1) is 13.8 Å². The predicted octanol–water partition coefficient (Wildman–Crippen LogP) is 6.74. The molecule has 6 nitrogen and oxygen atoms in total. The van der Waals surface area contributed by atoms with Crippen molar-refractivity contribution in [3.05, 3.63) is 91.8 Å². The molecule has 0 aliphatic rings. The number of hydrogen-bond donors (Lipinski definition) is 0. The molecule has 1 heterocycles. The second-order valence-corrected chi connectivity index (χ2v) is 8.10. The van der Waals surface area contributed by atoms with Gasteiger partial charge in [-0.15, -0.1) is 0 Å². The molecule has 168 valence electrons. The van der Waals surface area contributed by atoms with Gasteiger partial charge in [0.1, 0.15) is 28.9 Å². The summed E-state index contributed by atoms with van der Waals surface area (Å²) in [6, 6.07) is 13.1. The molecular formula is C25H18Cl2O6. The van der Waals surface area contributed by atoms with E-state index in [4.69, 9.17) is 41.8 Å². The van der Waals surface area contributed by atoms with Crippen LogP contribution in [0.25, 0.3) is 11.0 Å². The van der Waals surface area contributed by atoms with Crippen molar-refractivity contribution in [2.75, 3.05) is 7.11 Å². The average Bonchev–Trinajstić information content (AvgIpc) is 2.79. The van der Waals surface area contributed by atoms with Crippen molar-refractivity contribution in [1.82, 2.24) is 0 Å². The van der Waals surface area contributed by atoms with Crippen LogP contribution in [0.5, 0.6) is 23.0 Å². The molecule has 4 aromatic rings. The van der Waals surface area contributed by atoms with Gasteiger partial charge in [0.15, 0.2) is 5.75 Å². The smallest absolute Gasteiger partial charge is 0.348 e. The Morgan fingerprint density at radius 1 is 0.939 bits per heavy atom. The first-order valence-electron chi connectivity index (χ1n) is 9.83. The summed E-state index contributed by atoms with van der Waals surface area (Å²) in [7, 11) is 1.37. The summed E-state index contributed by atoms with van der Waals surface area (Å²) in [4.78, 5) is 25.6. The highest BCUT2D eigenvalue weighted by atomic mass is 35.5. The lowest BCUT2D eigenvalue weighted by Gasteiger charge is -2.12. The molecule has 0 saturated carbocycles. The number of fused-ring (bicyclic) bond motifs is 1. The molecule has 0 saturated heterocycles. The molecular weight excluding hydrogens is 467 g/mol. The molecule has 0 spiro atoms. The number of rotatable bonds is 5. The second kappa shape index (κ2) is 9.17. The molecule has 3 aromatic carbocycles. The Hall–Kier alpha value is -3.48. The highest BCUT2D eigenvalue weighted by Crippen LogP contribution is 2.35. The third-order valence-electron chi connectivity index (χ3n) is 4.96. The van der Waals surface area contributed by atoms with Gasteiger partial charge in [-0.3, -0.25) is 4.79 Å². The molecule has 0 unspecified atom stereocenters. The van der Waals surface area contributed by atoms with Crippen molar-refractivity contribution in [2.24, 2.45) is 0 Å². The number of benzene rings is 3. The Labute approximate surface area is 199 Å². The molecule has 0 atom stereocenters. The number of methoxy groups -OCH3 is 1. The van der Waals surface area contributed by atoms with Crippen LogP contribution in [-0.4, -0.2) is 13.1 Å². The van der Waals surface area contributed by atoms with Gasteiger partial charge in [-0.2, -0.15) is 0 Å². The zero-order chi connectivity index (χ0) is 23.7. The summed E-state index contributed by atoms with van der Waals surface area (Å²) in [5.41, 5.74) is 1.75. The second-order valence-electron chi connectivity index (χ2n) is 7.29. The topological polar surface area (TPSA) is 75.0 Å². The molecule has 0 radical (unpaired) electrons. The number of ether oxygens (including phenoxy) is 3. The lowest BCUT2D eigenvalue weighted by molar-refractivity contribution is 0.0731. The van der Waals surface area contributed by atoms with Crippen LogP contribution in [0.15, 0.2) is 64.0 Å². The first-order chi connectivity index (χ1) is 15.8. The van der Waals surface area contributed by atoms with Crippen molar-refractivity contribution in [3.63, 3.8) is 0 Å². The van der Waals surface area contributed by atoms with E-state index in [-0.39, 0.29) is 49.3 Å². The molecule has 33 heavy (non-hydrogen) atoms. The average molecular weight is 485 g/mol. The number of hydrogen-bond acceptors (Lipinski definition) is 6. The van der Waals surface area contributed by atoms with Gasteiger partial charge in [0.2, 0.25) is 11.2 Å². The molecule has 0 amide bonds. The lowest BCUT2D eigenvalue weighted by atomic mass is 10.1. The van der Waals surface area contributed by atoms with Gasteiger partial charge in [0.05, 0.1) is 22.5 Å². The maximum Gasteiger partial charge on any atom is 0.348 e. The highest BCUT2D eigenvalue weighted by molar-refractivity contribution is 6.37. The summed E-state index contributed by atoms with van der Waals surface area (Å²) in [5, 5.41) is 0.618. The minimum atomic E-state index is -0.768. The molecule has 0 bridgehead atoms. The zero-order valence-corrected chi connectivity index (χ0v) is 19.4. The summed E-state index contributed by atoms with van der Waals surface area (Å²) >= 11 is 12.2. The van der Waals surface area contributed by atoms with Crippen molar-refractivity contribution >= 4 is 40.1 Å². The van der Waals surface area contributed by atoms with E-state index in [0.717, 1.165) is 11.1 Å². The van der Waals surface area contributed by atoms with Crippen molar-refractivity contribution in [2.45, 2.75) is 13.8 Å². The van der Waals surface area contributed by atoms with E-state index in [9.17, 15) is 9.59 Å². The van der Waals surface area contributed by atoms with Gasteiger partial charge < -0.3 is 18.6 Å². The summed E-state index contributed by atoms with van der Waals surface area (Å²) < 4.78 is 22.0. The molecule has 8 heteroatoms. The van der Waals surface area contributed by atoms with Crippen molar-refractivity contribution in [1.29, 1.82) is 0 Å². The fourth-order valence-electron chi connectivity index (χ4n) is 3.24. The summed E-state index contributed by atoms with van der Waals surface area (Å²) in [6.45, 7) is 3.82. The maximum absolute atomic E-state index is 12.9. The van der Waals surface area contributed by atoms with E-state index in [1.165, 1.54) is 43.7 Å². The van der Waals surface area contributed by atoms with Gasteiger partial charge in [-0.05, 0) is 55.3 Å². The van der Waals surface area contributed by atoms with Gasteiger partial charge >= 0.3 is 5.97 Å². The first-order valence-corrected chi connectivity index (χ1v) is 10.6. The Morgan fingerprint density at radius 2 is 1.70 bits per heavy atom. The Morgan fingerprint density at radius 3 is 2.45 bits per heavy atom. The fraction of sp³-hybridized carbons (Fsp3) is 0.120. The standard InChI is InChI=1S/C25H18Cl2O6/c1-13-4-5-14(2)19(10-13)33-21-12-31-20-11-15(6-7-16(20)23(21)28)32-25(29)22-17(26)8-9-18(27)24(22)30-3/h4-12H,1-3H3. The third-order valence-corrected chi connectivity index (χ3v) is 5.57. The minimum absolute atomic E-state index is 0.00881. The van der Waals surface area contributed by atoms with Crippen LogP contribution in [0.3, 0.4) is 0 Å². The lowest BCUT2D eigenvalue weighted by Crippen LogP contribution is -2.11. The molecule has 4 rings (SSSR count). The van der Waals surface area contributed by atoms with Crippen molar-refractivity contribution < 1.29 is 23.4 Å². The normalized spacial score (nSPS) is 10.8. The van der Waals surface area contributed by atoms with E-state index in [1.54, 1.807) is 0 Å². The highest BCUT2D eigenvalue weighted by Gasteiger charge is 2.22. The van der Waals surface area contributed by atoms with Crippen LogP contribution in [0.4, 0.5) is 0 Å². The van der Waals surface area contributed by atoms with E-state index >= 15 is 0 Å². The predicted molar refractivity (Wildman–Crippen MR) is 126 cm³/mol. The molecule has 0 N–H and O–H groups in total. The fourth-order valence-corrected chi connectivity index (χ4v) is 3.70. The van der Waals surface area contributed by atoms with Crippen LogP contribution in [-0.2, 0) is 0 Å². The number of aryl methyl sites for hydroxylation is 2. The van der Waals surface area contributed by atoms with Crippen LogP contribution >= 0.6 is 23.2 Å². The van der Waals surface area contributed by atoms with E-state index in [0.29, 0.717) is 5.75 Å². The SMILES string of the molecule is COc1c(Cl)ccc(Cl)c1C(=O)Oc1ccc2c(=O)c(Oc3cc(C)ccc3C)coc2c1. The third kappa shape index (κ3) is 4.53. The monoisotopic (exact) mass is 484 g/mol. The molecule has 0 aliphatic heterocycles. The first kappa shape index (κ1) is 22.7. The Bertz CT molecular complexity index is 1440. The van der Waals surface area contributed by atoms with E-state index in [2.05, 4.69) is 0 Å². The summed E-state index contributed by atoms with van der Waals surface area (Å²) in [5.74, 6) is 0.110. The van der Waals surface area contributed by atoms with E-state index in [1.807, 2.05) is 32.0 Å². The quantitative estimate of drug-likeness (QED) is 0.230. The number of esters is 1. The Kier molecular flexibility index (Phi) is 6.31. The van der Waals surface area contributed by atoms with Gasteiger partial charge in [0.25, 0.3) is 0 Å². The molecule has 1 aromatic heterocycles. The molecule has 0 fully saturated rings. The Balaban J connectivity index is 1.64. The zero-order valence-electron chi connectivity index (χ0n) is 17.9. The van der Waals surface area contributed by atoms with Gasteiger partial charge in [-0.25, -0.2) is 4.79 Å². The summed E-state index contributed by atoms with van der Waals surface area (Å²) in [6.07, 6.45) is 1.23. The van der Waals surface area contributed by atoms with Gasteiger partial charge in [0, 0.05) is 6.07 Å². The number of carbonyl (C=O) groups excluding carboxylic acids is 1. The minimum Gasteiger partial charge on any atom is -0.494 e. The molecule has 0 aliphatic carbocycles. The van der Waals surface area contributed by atoms with Crippen LogP contribution < -0.4 is 19.6 Å². The van der Waals surface area contributed by atoms with Gasteiger partial charge in [-0.1, -0.05) is 35.3 Å². The van der Waals surface area contributed by atoms with Crippen LogP contribution in [0.2, 0.25) is 10.0 Å².